The molecule has 0 bridgehead atoms. The lowest BCUT2D eigenvalue weighted by molar-refractivity contribution is 0.565. The van der Waals surface area contributed by atoms with E-state index < -0.39 is 0 Å². The Kier molecular flexibility index (Phi) is 4.08. The number of benzene rings is 1. The van der Waals surface area contributed by atoms with E-state index in [9.17, 15) is 0 Å². The number of nitrogens with zero attached hydrogens (tertiary/aromatic N) is 1. The number of fused-ring (bicyclic) bond motifs is 1. The molecule has 1 aromatic carbocycles. The Hall–Kier alpha value is -1.32. The Morgan fingerprint density at radius 3 is 2.90 bits per heavy atom. The molecule has 0 saturated heterocycles. The van der Waals surface area contributed by atoms with Crippen molar-refractivity contribution in [3.63, 3.8) is 0 Å². The third kappa shape index (κ3) is 2.74. The highest BCUT2D eigenvalue weighted by molar-refractivity contribution is 7.99. The maximum absolute atomic E-state index is 6.44. The van der Waals surface area contributed by atoms with Gasteiger partial charge in [-0.05, 0) is 29.7 Å². The molecule has 1 aliphatic heterocycles. The van der Waals surface area contributed by atoms with Crippen molar-refractivity contribution in [2.24, 2.45) is 5.73 Å². The van der Waals surface area contributed by atoms with Crippen molar-refractivity contribution in [2.75, 3.05) is 5.75 Å². The van der Waals surface area contributed by atoms with E-state index in [4.69, 9.17) is 5.73 Å². The van der Waals surface area contributed by atoms with Crippen molar-refractivity contribution >= 4 is 11.8 Å². The molecular formula is C17H20N2S. The van der Waals surface area contributed by atoms with Crippen LogP contribution >= 0.6 is 11.8 Å². The summed E-state index contributed by atoms with van der Waals surface area (Å²) in [4.78, 5) is 5.92. The molecule has 2 N–H and O–H groups in total. The zero-order chi connectivity index (χ0) is 13.9. The first-order valence-corrected chi connectivity index (χ1v) is 8.17. The van der Waals surface area contributed by atoms with Gasteiger partial charge in [-0.2, -0.15) is 0 Å². The van der Waals surface area contributed by atoms with E-state index in [1.54, 1.807) is 0 Å². The molecule has 0 aliphatic carbocycles. The maximum atomic E-state index is 6.44. The molecule has 2 aromatic rings. The van der Waals surface area contributed by atoms with Crippen LogP contribution in [0.4, 0.5) is 0 Å². The van der Waals surface area contributed by atoms with Crippen molar-refractivity contribution in [1.82, 2.24) is 4.98 Å². The predicted molar refractivity (Wildman–Crippen MR) is 85.2 cm³/mol. The van der Waals surface area contributed by atoms with Crippen molar-refractivity contribution in [1.29, 1.82) is 0 Å². The summed E-state index contributed by atoms with van der Waals surface area (Å²) in [7, 11) is 0. The predicted octanol–water partition coefficient (Wildman–Crippen LogP) is 3.40. The molecule has 3 heteroatoms. The number of hydrogen-bond acceptors (Lipinski definition) is 3. The molecule has 0 saturated carbocycles. The van der Waals surface area contributed by atoms with Gasteiger partial charge in [0, 0.05) is 40.9 Å². The standard InChI is InChI=1S/C17H20N2S/c1-2-12-7-8-13(19-10-12)9-16(18)15-11-20-17-6-4-3-5-14(15)17/h3-8,10,15-16H,2,9,11,18H2,1H3. The van der Waals surface area contributed by atoms with Crippen LogP contribution < -0.4 is 5.73 Å². The number of nitrogens with two attached hydrogens (primary N) is 1. The van der Waals surface area contributed by atoms with E-state index in [-0.39, 0.29) is 6.04 Å². The second-order valence-electron chi connectivity index (χ2n) is 5.33. The highest BCUT2D eigenvalue weighted by Gasteiger charge is 2.28. The first kappa shape index (κ1) is 13.7. The lowest BCUT2D eigenvalue weighted by atomic mass is 9.91. The summed E-state index contributed by atoms with van der Waals surface area (Å²) in [6.45, 7) is 2.15. The SMILES string of the molecule is CCc1ccc(CC(N)C2CSc3ccccc32)nc1. The minimum atomic E-state index is 0.145. The van der Waals surface area contributed by atoms with Crippen LogP contribution in [0.5, 0.6) is 0 Å². The quantitative estimate of drug-likeness (QED) is 0.935. The second kappa shape index (κ2) is 5.98. The first-order valence-electron chi connectivity index (χ1n) is 7.19. The summed E-state index contributed by atoms with van der Waals surface area (Å²) < 4.78 is 0. The molecule has 2 heterocycles. The summed E-state index contributed by atoms with van der Waals surface area (Å²) in [5, 5.41) is 0. The molecule has 0 spiro atoms. The fraction of sp³-hybridized carbons (Fsp3) is 0.353. The minimum Gasteiger partial charge on any atom is -0.327 e. The zero-order valence-corrected chi connectivity index (χ0v) is 12.6. The monoisotopic (exact) mass is 284 g/mol. The van der Waals surface area contributed by atoms with Gasteiger partial charge >= 0.3 is 0 Å². The molecule has 3 rings (SSSR count). The van der Waals surface area contributed by atoms with E-state index in [0.717, 1.165) is 24.3 Å². The lowest BCUT2D eigenvalue weighted by Gasteiger charge is -2.19. The topological polar surface area (TPSA) is 38.9 Å². The zero-order valence-electron chi connectivity index (χ0n) is 11.8. The molecule has 1 aromatic heterocycles. The summed E-state index contributed by atoms with van der Waals surface area (Å²) >= 11 is 1.92. The van der Waals surface area contributed by atoms with E-state index in [1.165, 1.54) is 16.0 Å². The number of aromatic nitrogens is 1. The van der Waals surface area contributed by atoms with E-state index >= 15 is 0 Å². The van der Waals surface area contributed by atoms with Gasteiger partial charge < -0.3 is 5.73 Å². The summed E-state index contributed by atoms with van der Waals surface area (Å²) in [5.74, 6) is 1.54. The van der Waals surface area contributed by atoms with Gasteiger partial charge in [-0.15, -0.1) is 11.8 Å². The lowest BCUT2D eigenvalue weighted by Crippen LogP contribution is -2.31. The largest absolute Gasteiger partial charge is 0.327 e. The van der Waals surface area contributed by atoms with E-state index in [2.05, 4.69) is 48.3 Å². The number of aryl methyl sites for hydroxylation is 1. The van der Waals surface area contributed by atoms with Crippen LogP contribution in [0.3, 0.4) is 0 Å². The van der Waals surface area contributed by atoms with Crippen LogP contribution in [-0.2, 0) is 12.8 Å². The summed E-state index contributed by atoms with van der Waals surface area (Å²) in [6, 6.07) is 13.0. The molecular weight excluding hydrogens is 264 g/mol. The smallest absolute Gasteiger partial charge is 0.0419 e. The number of thioether (sulfide) groups is 1. The molecule has 0 radical (unpaired) electrons. The van der Waals surface area contributed by atoms with E-state index in [0.29, 0.717) is 5.92 Å². The average molecular weight is 284 g/mol. The normalized spacial score (nSPS) is 18.8. The number of hydrogen-bond donors (Lipinski definition) is 1. The maximum Gasteiger partial charge on any atom is 0.0419 e. The summed E-state index contributed by atoms with van der Waals surface area (Å²) in [5.41, 5.74) is 10.2. The van der Waals surface area contributed by atoms with Crippen molar-refractivity contribution in [2.45, 2.75) is 36.6 Å². The Morgan fingerprint density at radius 1 is 1.30 bits per heavy atom. The van der Waals surface area contributed by atoms with Gasteiger partial charge in [0.2, 0.25) is 0 Å². The van der Waals surface area contributed by atoms with Crippen molar-refractivity contribution in [3.8, 4) is 0 Å². The Balaban J connectivity index is 1.72. The fourth-order valence-electron chi connectivity index (χ4n) is 2.71. The minimum absolute atomic E-state index is 0.145. The van der Waals surface area contributed by atoms with Crippen molar-refractivity contribution < 1.29 is 0 Å². The van der Waals surface area contributed by atoms with Crippen LogP contribution in [0.25, 0.3) is 0 Å². The first-order chi connectivity index (χ1) is 9.78. The molecule has 2 nitrogen and oxygen atoms in total. The second-order valence-corrected chi connectivity index (χ2v) is 6.40. The molecule has 20 heavy (non-hydrogen) atoms. The van der Waals surface area contributed by atoms with Gasteiger partial charge in [-0.3, -0.25) is 4.98 Å². The molecule has 1 aliphatic rings. The number of rotatable bonds is 4. The van der Waals surface area contributed by atoms with Crippen LogP contribution in [0.15, 0.2) is 47.5 Å². The van der Waals surface area contributed by atoms with Crippen LogP contribution in [0.2, 0.25) is 0 Å². The third-order valence-electron chi connectivity index (χ3n) is 3.99. The fourth-order valence-corrected chi connectivity index (χ4v) is 4.06. The Morgan fingerprint density at radius 2 is 2.15 bits per heavy atom. The molecule has 0 amide bonds. The molecule has 0 fully saturated rings. The highest BCUT2D eigenvalue weighted by atomic mass is 32.2. The van der Waals surface area contributed by atoms with Gasteiger partial charge in [0.05, 0.1) is 0 Å². The molecule has 2 atom stereocenters. The average Bonchev–Trinajstić information content (AvgIpc) is 2.92. The third-order valence-corrected chi connectivity index (χ3v) is 5.20. The van der Waals surface area contributed by atoms with Crippen LogP contribution in [0.1, 0.15) is 29.7 Å². The summed E-state index contributed by atoms with van der Waals surface area (Å²) in [6.07, 6.45) is 3.86. The number of pyridine rings is 1. The van der Waals surface area contributed by atoms with Gasteiger partial charge in [-0.1, -0.05) is 31.2 Å². The van der Waals surface area contributed by atoms with Gasteiger partial charge in [0.25, 0.3) is 0 Å². The van der Waals surface area contributed by atoms with Crippen LogP contribution in [0, 0.1) is 0 Å². The van der Waals surface area contributed by atoms with E-state index in [1.807, 2.05) is 18.0 Å². The van der Waals surface area contributed by atoms with Gasteiger partial charge in [0.1, 0.15) is 0 Å². The molecule has 2 unspecified atom stereocenters. The van der Waals surface area contributed by atoms with Crippen LogP contribution in [-0.4, -0.2) is 16.8 Å². The Labute approximate surface area is 124 Å². The van der Waals surface area contributed by atoms with Crippen molar-refractivity contribution in [3.05, 3.63) is 59.4 Å². The van der Waals surface area contributed by atoms with Gasteiger partial charge in [-0.25, -0.2) is 0 Å². The highest BCUT2D eigenvalue weighted by Crippen LogP contribution is 2.40. The molecule has 104 valence electrons. The van der Waals surface area contributed by atoms with Gasteiger partial charge in [0.15, 0.2) is 0 Å². The Bertz CT molecular complexity index is 580.